The molecule has 0 amide bonds. The first-order valence-electron chi connectivity index (χ1n) is 1.39. The van der Waals surface area contributed by atoms with Crippen LogP contribution < -0.4 is 17.5 Å². The minimum absolute atomic E-state index is 0. The fourth-order valence-corrected chi connectivity index (χ4v) is 0. The van der Waals surface area contributed by atoms with E-state index in [1.807, 2.05) is 0 Å². The minimum Gasteiger partial charge on any atom is -1.00 e. The first kappa shape index (κ1) is 15.6. The Balaban J connectivity index is -0.0000000450. The Hall–Kier alpha value is 1.60. The SMILES string of the molecule is CC(C)[O-].[Cl-].[Nd]. The summed E-state index contributed by atoms with van der Waals surface area (Å²) in [6.07, 6.45) is -0.417. The molecule has 0 atom stereocenters. The molecule has 0 rings (SSSR count). The zero-order valence-electron chi connectivity index (χ0n) is 3.86. The van der Waals surface area contributed by atoms with Crippen molar-refractivity contribution in [1.29, 1.82) is 0 Å². The molecule has 0 unspecified atom stereocenters. The molecule has 0 aliphatic rings. The topological polar surface area (TPSA) is 23.1 Å². The maximum Gasteiger partial charge on any atom is 0 e. The molecule has 0 saturated heterocycles. The standard InChI is InChI=1S/C3H7O.ClH.Nd/c1-3(2)4;;/h3H,1-2H3;1H;/q-1;;/p-1. The largest absolute Gasteiger partial charge is 1.00 e. The molecule has 38 valence electrons. The zero-order chi connectivity index (χ0) is 3.58. The second-order valence-corrected chi connectivity index (χ2v) is 1.05. The molecule has 0 saturated carbocycles. The Kier molecular flexibility index (Phi) is 25.5. The summed E-state index contributed by atoms with van der Waals surface area (Å²) in [5.41, 5.74) is 0. The van der Waals surface area contributed by atoms with Crippen molar-refractivity contribution in [2.75, 3.05) is 0 Å². The average molecular weight is 239 g/mol. The summed E-state index contributed by atoms with van der Waals surface area (Å²) < 4.78 is 0. The van der Waals surface area contributed by atoms with Gasteiger partial charge in [-0.05, 0) is 0 Å². The molecule has 0 aromatic carbocycles. The van der Waals surface area contributed by atoms with Crippen LogP contribution in [0.15, 0.2) is 0 Å². The van der Waals surface area contributed by atoms with E-state index in [4.69, 9.17) is 0 Å². The summed E-state index contributed by atoms with van der Waals surface area (Å²) in [6, 6.07) is 0. The Morgan fingerprint density at radius 3 is 1.33 bits per heavy atom. The van der Waals surface area contributed by atoms with E-state index in [-0.39, 0.29) is 53.2 Å². The van der Waals surface area contributed by atoms with Crippen molar-refractivity contribution in [3.63, 3.8) is 0 Å². The van der Waals surface area contributed by atoms with Crippen LogP contribution in [0.1, 0.15) is 13.8 Å². The third kappa shape index (κ3) is 46.3. The monoisotopic (exact) mass is 236 g/mol. The molecule has 6 heavy (non-hydrogen) atoms. The quantitative estimate of drug-likeness (QED) is 0.435. The van der Waals surface area contributed by atoms with E-state index in [1.165, 1.54) is 0 Å². The van der Waals surface area contributed by atoms with Crippen molar-refractivity contribution < 1.29 is 58.4 Å². The fraction of sp³-hybridized carbons (Fsp3) is 1.00. The van der Waals surface area contributed by atoms with Crippen LogP contribution in [0.5, 0.6) is 0 Å². The molecule has 0 bridgehead atoms. The van der Waals surface area contributed by atoms with Gasteiger partial charge >= 0.3 is 0 Å². The molecule has 0 aliphatic carbocycles. The molecular formula is C3H7ClNdO-2. The number of hydrogen-bond acceptors (Lipinski definition) is 1. The summed E-state index contributed by atoms with van der Waals surface area (Å²) >= 11 is 0. The minimum atomic E-state index is -0.417. The molecule has 0 fully saturated rings. The molecule has 1 nitrogen and oxygen atoms in total. The van der Waals surface area contributed by atoms with Crippen molar-refractivity contribution in [2.24, 2.45) is 0 Å². The van der Waals surface area contributed by atoms with Gasteiger partial charge in [0.1, 0.15) is 0 Å². The van der Waals surface area contributed by atoms with Gasteiger partial charge in [0.25, 0.3) is 0 Å². The summed E-state index contributed by atoms with van der Waals surface area (Å²) in [5.74, 6) is 0. The number of rotatable bonds is 0. The Morgan fingerprint density at radius 2 is 1.33 bits per heavy atom. The van der Waals surface area contributed by atoms with Gasteiger partial charge in [0.2, 0.25) is 0 Å². The molecule has 0 aliphatic heterocycles. The molecule has 3 heteroatoms. The normalized spacial score (nSPS) is 6.00. The maximum atomic E-state index is 9.53. The Morgan fingerprint density at radius 1 is 1.33 bits per heavy atom. The third-order valence-electron chi connectivity index (χ3n) is 0. The predicted molar refractivity (Wildman–Crippen MR) is 15.1 cm³/mol. The van der Waals surface area contributed by atoms with Gasteiger partial charge in [-0.2, -0.15) is 0 Å². The first-order chi connectivity index (χ1) is 1.73. The van der Waals surface area contributed by atoms with E-state index in [2.05, 4.69) is 0 Å². The van der Waals surface area contributed by atoms with E-state index in [9.17, 15) is 5.11 Å². The van der Waals surface area contributed by atoms with Gasteiger partial charge in [0, 0.05) is 40.8 Å². The first-order valence-corrected chi connectivity index (χ1v) is 1.39. The van der Waals surface area contributed by atoms with E-state index >= 15 is 0 Å². The van der Waals surface area contributed by atoms with Crippen LogP contribution in [0.25, 0.3) is 0 Å². The van der Waals surface area contributed by atoms with Gasteiger partial charge in [-0.15, -0.1) is 6.10 Å². The van der Waals surface area contributed by atoms with Gasteiger partial charge in [-0.25, -0.2) is 0 Å². The predicted octanol–water partition coefficient (Wildman–Crippen LogP) is -3.24. The van der Waals surface area contributed by atoms with Crippen LogP contribution in [-0.4, -0.2) is 6.10 Å². The smallest absolute Gasteiger partial charge is 0 e. The van der Waals surface area contributed by atoms with Gasteiger partial charge < -0.3 is 17.5 Å². The second-order valence-electron chi connectivity index (χ2n) is 1.05. The van der Waals surface area contributed by atoms with Crippen molar-refractivity contribution in [3.05, 3.63) is 0 Å². The molecule has 0 aromatic heterocycles. The summed E-state index contributed by atoms with van der Waals surface area (Å²) in [4.78, 5) is 0. The summed E-state index contributed by atoms with van der Waals surface area (Å²) in [7, 11) is 0. The Bertz CT molecular complexity index is 15.5. The van der Waals surface area contributed by atoms with E-state index < -0.39 is 6.10 Å². The van der Waals surface area contributed by atoms with Crippen LogP contribution in [0.4, 0.5) is 0 Å². The number of hydrogen-bond donors (Lipinski definition) is 0. The van der Waals surface area contributed by atoms with Crippen LogP contribution in [0, 0.1) is 40.8 Å². The van der Waals surface area contributed by atoms with Crippen LogP contribution >= 0.6 is 0 Å². The van der Waals surface area contributed by atoms with Gasteiger partial charge in [-0.3, -0.25) is 0 Å². The van der Waals surface area contributed by atoms with E-state index in [0.29, 0.717) is 0 Å². The molecule has 0 radical (unpaired) electrons. The van der Waals surface area contributed by atoms with Crippen molar-refractivity contribution in [3.8, 4) is 0 Å². The third-order valence-corrected chi connectivity index (χ3v) is 0. The number of halogens is 1. The Labute approximate surface area is 77.4 Å². The second kappa shape index (κ2) is 9.78. The van der Waals surface area contributed by atoms with Gasteiger partial charge in [0.15, 0.2) is 0 Å². The molecule has 0 spiro atoms. The van der Waals surface area contributed by atoms with Crippen LogP contribution in [0.3, 0.4) is 0 Å². The van der Waals surface area contributed by atoms with Crippen molar-refractivity contribution >= 4 is 0 Å². The van der Waals surface area contributed by atoms with Crippen LogP contribution in [-0.2, 0) is 0 Å². The summed E-state index contributed by atoms with van der Waals surface area (Å²) in [5, 5.41) is 9.53. The summed E-state index contributed by atoms with van der Waals surface area (Å²) in [6.45, 7) is 3.22. The molecular weight excluding hydrogens is 232 g/mol. The average Bonchev–Trinajstić information content (AvgIpc) is 0.811. The van der Waals surface area contributed by atoms with Gasteiger partial charge in [0.05, 0.1) is 0 Å². The van der Waals surface area contributed by atoms with Crippen molar-refractivity contribution in [1.82, 2.24) is 0 Å². The molecule has 0 heterocycles. The van der Waals surface area contributed by atoms with Crippen LogP contribution in [0.2, 0.25) is 0 Å². The fourth-order valence-electron chi connectivity index (χ4n) is 0. The molecule has 0 aromatic rings. The van der Waals surface area contributed by atoms with E-state index in [1.54, 1.807) is 13.8 Å². The van der Waals surface area contributed by atoms with Gasteiger partial charge in [-0.1, -0.05) is 13.8 Å². The molecule has 0 N–H and O–H groups in total. The maximum absolute atomic E-state index is 9.53. The zero-order valence-corrected chi connectivity index (χ0v) is 7.83. The van der Waals surface area contributed by atoms with E-state index in [0.717, 1.165) is 0 Å². The van der Waals surface area contributed by atoms with Crippen molar-refractivity contribution in [2.45, 2.75) is 20.0 Å².